The second-order valence-corrected chi connectivity index (χ2v) is 4.94. The van der Waals surface area contributed by atoms with Crippen LogP contribution in [0.15, 0.2) is 24.3 Å². The fourth-order valence-corrected chi connectivity index (χ4v) is 2.39. The van der Waals surface area contributed by atoms with Crippen molar-refractivity contribution >= 4 is 16.8 Å². The molecule has 0 aromatic heterocycles. The van der Waals surface area contributed by atoms with E-state index in [1.807, 2.05) is 0 Å². The molecule has 0 saturated carbocycles. The number of rotatable bonds is 6. The molecule has 16 heavy (non-hydrogen) atoms. The van der Waals surface area contributed by atoms with Gasteiger partial charge in [0.05, 0.1) is 5.56 Å². The summed E-state index contributed by atoms with van der Waals surface area (Å²) in [5.74, 6) is -0.0928. The van der Waals surface area contributed by atoms with Crippen LogP contribution in [0.2, 0.25) is 0 Å². The molecule has 0 saturated heterocycles. The molecule has 1 atom stereocenters. The van der Waals surface area contributed by atoms with Crippen LogP contribution in [0.1, 0.15) is 22.3 Å². The first-order chi connectivity index (χ1) is 7.63. The van der Waals surface area contributed by atoms with Gasteiger partial charge in [-0.05, 0) is 24.1 Å². The normalized spacial score (nSPS) is 12.3. The monoisotopic (exact) mass is 242 g/mol. The Bertz CT molecular complexity index is 372. The number of carboxylic acids is 1. The van der Waals surface area contributed by atoms with Crippen molar-refractivity contribution in [3.05, 3.63) is 35.4 Å². The fourth-order valence-electron chi connectivity index (χ4n) is 1.23. The van der Waals surface area contributed by atoms with E-state index in [9.17, 15) is 9.00 Å². The third kappa shape index (κ3) is 4.12. The summed E-state index contributed by atoms with van der Waals surface area (Å²) in [5.41, 5.74) is 1.08. The minimum absolute atomic E-state index is 0.0453. The highest BCUT2D eigenvalue weighted by Crippen LogP contribution is 2.07. The van der Waals surface area contributed by atoms with Crippen molar-refractivity contribution in [2.75, 3.05) is 12.4 Å². The van der Waals surface area contributed by atoms with Gasteiger partial charge in [-0.15, -0.1) is 0 Å². The van der Waals surface area contributed by atoms with Gasteiger partial charge in [-0.25, -0.2) is 4.79 Å². The second kappa shape index (κ2) is 6.40. The van der Waals surface area contributed by atoms with Crippen molar-refractivity contribution in [1.29, 1.82) is 0 Å². The van der Waals surface area contributed by atoms with Crippen LogP contribution in [0.3, 0.4) is 0 Å². The van der Waals surface area contributed by atoms with Gasteiger partial charge in [0.1, 0.15) is 0 Å². The molecule has 5 heteroatoms. The molecule has 0 amide bonds. The molecule has 0 aliphatic rings. The first kappa shape index (κ1) is 12.9. The Balaban J connectivity index is 2.55. The molecule has 0 fully saturated rings. The third-order valence-electron chi connectivity index (χ3n) is 2.06. The largest absolute Gasteiger partial charge is 0.478 e. The molecule has 0 radical (unpaired) electrons. The molecule has 0 heterocycles. The van der Waals surface area contributed by atoms with Crippen LogP contribution in [0.5, 0.6) is 0 Å². The van der Waals surface area contributed by atoms with Gasteiger partial charge >= 0.3 is 5.97 Å². The van der Waals surface area contributed by atoms with Crippen molar-refractivity contribution in [2.24, 2.45) is 0 Å². The summed E-state index contributed by atoms with van der Waals surface area (Å²) in [6.45, 7) is 0.0453. The first-order valence-electron chi connectivity index (χ1n) is 4.91. The minimum Gasteiger partial charge on any atom is -0.478 e. The smallest absolute Gasteiger partial charge is 0.335 e. The maximum Gasteiger partial charge on any atom is 0.335 e. The van der Waals surface area contributed by atoms with E-state index in [1.165, 1.54) is 12.1 Å². The van der Waals surface area contributed by atoms with E-state index < -0.39 is 16.8 Å². The van der Waals surface area contributed by atoms with E-state index in [2.05, 4.69) is 0 Å². The Morgan fingerprint density at radius 1 is 1.25 bits per heavy atom. The van der Waals surface area contributed by atoms with Crippen LogP contribution in [-0.4, -0.2) is 32.8 Å². The third-order valence-corrected chi connectivity index (χ3v) is 3.46. The van der Waals surface area contributed by atoms with E-state index in [-0.39, 0.29) is 12.2 Å². The number of benzene rings is 1. The molecule has 2 N–H and O–H groups in total. The summed E-state index contributed by atoms with van der Waals surface area (Å²) in [4.78, 5) is 10.6. The first-order valence-corrected chi connectivity index (χ1v) is 6.40. The summed E-state index contributed by atoms with van der Waals surface area (Å²) >= 11 is 0. The van der Waals surface area contributed by atoms with Gasteiger partial charge in [0.25, 0.3) is 0 Å². The molecule has 1 unspecified atom stereocenters. The number of carbonyl (C=O) groups is 1. The summed E-state index contributed by atoms with van der Waals surface area (Å²) in [7, 11) is -0.996. The average Bonchev–Trinajstić information content (AvgIpc) is 2.27. The number of carboxylic acid groups (broad SMARTS) is 1. The molecule has 0 aliphatic heterocycles. The van der Waals surface area contributed by atoms with Gasteiger partial charge in [0.15, 0.2) is 0 Å². The quantitative estimate of drug-likeness (QED) is 0.781. The lowest BCUT2D eigenvalue weighted by molar-refractivity contribution is 0.0697. The maximum absolute atomic E-state index is 11.5. The summed E-state index contributed by atoms with van der Waals surface area (Å²) in [6.07, 6.45) is 0.528. The summed E-state index contributed by atoms with van der Waals surface area (Å²) < 4.78 is 11.5. The van der Waals surface area contributed by atoms with Gasteiger partial charge in [0, 0.05) is 28.9 Å². The molecule has 0 spiro atoms. The molecule has 4 nitrogen and oxygen atoms in total. The lowest BCUT2D eigenvalue weighted by Crippen LogP contribution is -2.03. The van der Waals surface area contributed by atoms with E-state index in [4.69, 9.17) is 10.2 Å². The predicted octanol–water partition coefficient (Wildman–Crippen LogP) is 1.02. The highest BCUT2D eigenvalue weighted by molar-refractivity contribution is 7.84. The number of aromatic carboxylic acids is 1. The Kier molecular flexibility index (Phi) is 5.14. The van der Waals surface area contributed by atoms with Gasteiger partial charge in [-0.2, -0.15) is 0 Å². The SMILES string of the molecule is O=C(O)c1ccc(CS(=O)CCCO)cc1. The van der Waals surface area contributed by atoms with Crippen molar-refractivity contribution in [1.82, 2.24) is 0 Å². The van der Waals surface area contributed by atoms with Crippen LogP contribution >= 0.6 is 0 Å². The molecule has 1 aromatic carbocycles. The standard InChI is InChI=1S/C11H14O4S/c12-6-1-7-16(15)8-9-2-4-10(5-3-9)11(13)14/h2-5,12H,1,6-8H2,(H,13,14). The van der Waals surface area contributed by atoms with Crippen LogP contribution in [-0.2, 0) is 16.6 Å². The van der Waals surface area contributed by atoms with E-state index >= 15 is 0 Å². The van der Waals surface area contributed by atoms with E-state index in [1.54, 1.807) is 12.1 Å². The number of aliphatic hydroxyl groups is 1. The Morgan fingerprint density at radius 3 is 2.38 bits per heavy atom. The van der Waals surface area contributed by atoms with Crippen molar-refractivity contribution < 1.29 is 19.2 Å². The van der Waals surface area contributed by atoms with Gasteiger partial charge in [0.2, 0.25) is 0 Å². The van der Waals surface area contributed by atoms with Crippen LogP contribution in [0.25, 0.3) is 0 Å². The molecule has 1 aromatic rings. The summed E-state index contributed by atoms with van der Waals surface area (Å²) in [6, 6.07) is 6.34. The predicted molar refractivity (Wildman–Crippen MR) is 61.8 cm³/mol. The fraction of sp³-hybridized carbons (Fsp3) is 0.364. The lowest BCUT2D eigenvalue weighted by atomic mass is 10.1. The second-order valence-electron chi connectivity index (χ2n) is 3.37. The maximum atomic E-state index is 11.5. The summed E-state index contributed by atoms with van der Waals surface area (Å²) in [5, 5.41) is 17.3. The van der Waals surface area contributed by atoms with E-state index in [0.717, 1.165) is 5.56 Å². The number of aliphatic hydroxyl groups excluding tert-OH is 1. The molecule has 1 rings (SSSR count). The molecule has 88 valence electrons. The molecular formula is C11H14O4S. The zero-order valence-electron chi connectivity index (χ0n) is 8.76. The highest BCUT2D eigenvalue weighted by Gasteiger charge is 2.04. The molecule has 0 aliphatic carbocycles. The Hall–Kier alpha value is -1.20. The Morgan fingerprint density at radius 2 is 1.88 bits per heavy atom. The van der Waals surface area contributed by atoms with Crippen LogP contribution in [0, 0.1) is 0 Å². The topological polar surface area (TPSA) is 74.6 Å². The van der Waals surface area contributed by atoms with Crippen molar-refractivity contribution in [3.63, 3.8) is 0 Å². The zero-order valence-corrected chi connectivity index (χ0v) is 9.57. The van der Waals surface area contributed by atoms with Crippen LogP contribution in [0.4, 0.5) is 0 Å². The van der Waals surface area contributed by atoms with E-state index in [0.29, 0.717) is 17.9 Å². The number of hydrogen-bond donors (Lipinski definition) is 2. The van der Waals surface area contributed by atoms with Gasteiger partial charge in [-0.1, -0.05) is 12.1 Å². The minimum atomic E-state index is -0.996. The zero-order chi connectivity index (χ0) is 12.0. The highest BCUT2D eigenvalue weighted by atomic mass is 32.2. The average molecular weight is 242 g/mol. The van der Waals surface area contributed by atoms with Gasteiger partial charge in [-0.3, -0.25) is 4.21 Å². The Labute approximate surface area is 96.4 Å². The van der Waals surface area contributed by atoms with Crippen molar-refractivity contribution in [3.8, 4) is 0 Å². The molecule has 0 bridgehead atoms. The number of hydrogen-bond acceptors (Lipinski definition) is 3. The lowest BCUT2D eigenvalue weighted by Gasteiger charge is -2.02. The van der Waals surface area contributed by atoms with Gasteiger partial charge < -0.3 is 10.2 Å². The molecular weight excluding hydrogens is 228 g/mol. The van der Waals surface area contributed by atoms with Crippen LogP contribution < -0.4 is 0 Å². The van der Waals surface area contributed by atoms with Crippen molar-refractivity contribution in [2.45, 2.75) is 12.2 Å².